The van der Waals surface area contributed by atoms with E-state index in [0.717, 1.165) is 0 Å². The number of benzene rings is 1. The van der Waals surface area contributed by atoms with Crippen LogP contribution in [-0.4, -0.2) is 17.7 Å². The Morgan fingerprint density at radius 2 is 1.50 bits per heavy atom. The maximum absolute atomic E-state index is 12.6. The number of ether oxygens (including phenoxy) is 1. The molecule has 22 heavy (non-hydrogen) atoms. The predicted molar refractivity (Wildman–Crippen MR) is 65.7 cm³/mol. The van der Waals surface area contributed by atoms with E-state index in [2.05, 4.69) is 0 Å². The first-order chi connectivity index (χ1) is 9.41. The van der Waals surface area contributed by atoms with Gasteiger partial charge in [0.2, 0.25) is 0 Å². The van der Waals surface area contributed by atoms with E-state index in [1.807, 2.05) is 0 Å². The number of aliphatic carboxylic acids is 1. The molecule has 1 N–H and O–H groups in total. The molecule has 0 radical (unpaired) electrons. The van der Waals surface area contributed by atoms with Gasteiger partial charge in [-0.25, -0.2) is 4.79 Å². The van der Waals surface area contributed by atoms with Crippen molar-refractivity contribution in [2.24, 2.45) is 0 Å². The molecule has 1 atom stereocenters. The summed E-state index contributed by atoms with van der Waals surface area (Å²) in [5.74, 6) is -1.38. The number of carboxylic acids is 1. The summed E-state index contributed by atoms with van der Waals surface area (Å²) < 4.78 is 80.4. The second-order valence-electron chi connectivity index (χ2n) is 4.19. The number of hydrogen-bond donors (Lipinski definition) is 1. The Morgan fingerprint density at radius 1 is 1.09 bits per heavy atom. The lowest BCUT2D eigenvalue weighted by molar-refractivity contribution is -0.146. The Kier molecular flexibility index (Phi) is 6.70. The van der Waals surface area contributed by atoms with Crippen molar-refractivity contribution in [2.75, 3.05) is 6.61 Å². The van der Waals surface area contributed by atoms with Crippen molar-refractivity contribution < 1.29 is 41.0 Å². The van der Waals surface area contributed by atoms with Crippen molar-refractivity contribution in [2.45, 2.75) is 25.4 Å². The summed E-state index contributed by atoms with van der Waals surface area (Å²) in [6.45, 7) is 0.331. The molecule has 0 amide bonds. The molecule has 0 saturated heterocycles. The fraction of sp³-hybridized carbons (Fsp3) is 0.417. The first kappa shape index (κ1) is 20.5. The quantitative estimate of drug-likeness (QED) is 0.821. The number of alkyl halides is 6. The van der Waals surface area contributed by atoms with E-state index < -0.39 is 47.7 Å². The van der Waals surface area contributed by atoms with Gasteiger partial charge in [-0.05, 0) is 30.7 Å². The van der Waals surface area contributed by atoms with Crippen LogP contribution in [0.1, 0.15) is 29.7 Å². The van der Waals surface area contributed by atoms with Gasteiger partial charge in [-0.15, -0.1) is 12.4 Å². The molecule has 0 aliphatic heterocycles. The summed E-state index contributed by atoms with van der Waals surface area (Å²) in [5, 5.41) is 8.39. The zero-order chi connectivity index (χ0) is 16.4. The smallest absolute Gasteiger partial charge is 0.416 e. The second kappa shape index (κ2) is 7.19. The number of rotatable bonds is 4. The molecule has 0 heterocycles. The summed E-state index contributed by atoms with van der Waals surface area (Å²) in [6, 6.07) is 0.997. The fourth-order valence-corrected chi connectivity index (χ4v) is 1.51. The van der Waals surface area contributed by atoms with Crippen LogP contribution in [-0.2, 0) is 21.9 Å². The molecule has 0 bridgehead atoms. The highest BCUT2D eigenvalue weighted by Crippen LogP contribution is 2.37. The lowest BCUT2D eigenvalue weighted by Crippen LogP contribution is -2.14. The van der Waals surface area contributed by atoms with Crippen LogP contribution in [0.3, 0.4) is 0 Å². The van der Waals surface area contributed by atoms with Crippen LogP contribution < -0.4 is 0 Å². The van der Waals surface area contributed by atoms with Crippen LogP contribution >= 0.6 is 12.4 Å². The van der Waals surface area contributed by atoms with Crippen molar-refractivity contribution in [1.29, 1.82) is 0 Å². The Morgan fingerprint density at radius 3 is 1.82 bits per heavy atom. The lowest BCUT2D eigenvalue weighted by atomic mass is 10.0. The average molecular weight is 353 g/mol. The van der Waals surface area contributed by atoms with Crippen molar-refractivity contribution in [3.05, 3.63) is 34.9 Å². The molecule has 0 aliphatic carbocycles. The third kappa shape index (κ3) is 5.72. The predicted octanol–water partition coefficient (Wildman–Crippen LogP) is 4.31. The Hall–Kier alpha value is -1.48. The van der Waals surface area contributed by atoms with Crippen LogP contribution in [0.4, 0.5) is 26.3 Å². The van der Waals surface area contributed by atoms with Crippen LogP contribution in [0.2, 0.25) is 0 Å². The third-order valence-electron chi connectivity index (χ3n) is 2.54. The molecule has 1 aromatic rings. The first-order valence-corrected chi connectivity index (χ1v) is 5.54. The molecule has 0 saturated carbocycles. The molecular formula is C12H11ClF6O3. The molecular weight excluding hydrogens is 342 g/mol. The van der Waals surface area contributed by atoms with E-state index in [4.69, 9.17) is 9.84 Å². The average Bonchev–Trinajstić information content (AvgIpc) is 2.33. The van der Waals surface area contributed by atoms with Crippen LogP contribution in [0, 0.1) is 0 Å². The summed E-state index contributed by atoms with van der Waals surface area (Å²) >= 11 is 0. The lowest BCUT2D eigenvalue weighted by Gasteiger charge is -2.17. The van der Waals surface area contributed by atoms with Gasteiger partial charge in [0.15, 0.2) is 0 Å². The van der Waals surface area contributed by atoms with Crippen LogP contribution in [0.5, 0.6) is 0 Å². The Labute approximate surface area is 127 Å². The van der Waals surface area contributed by atoms with Gasteiger partial charge in [-0.3, -0.25) is 0 Å². The molecule has 126 valence electrons. The van der Waals surface area contributed by atoms with Crippen molar-refractivity contribution in [3.8, 4) is 0 Å². The summed E-state index contributed by atoms with van der Waals surface area (Å²) in [5.41, 5.74) is -3.35. The number of hydrogen-bond acceptors (Lipinski definition) is 2. The van der Waals surface area contributed by atoms with Gasteiger partial charge in [0.05, 0.1) is 17.2 Å². The molecule has 0 aliphatic rings. The molecule has 1 aromatic carbocycles. The summed E-state index contributed by atoms with van der Waals surface area (Å²) in [7, 11) is 0. The maximum Gasteiger partial charge on any atom is 0.416 e. The van der Waals surface area contributed by atoms with Crippen molar-refractivity contribution in [1.82, 2.24) is 0 Å². The van der Waals surface area contributed by atoms with Gasteiger partial charge < -0.3 is 9.84 Å². The number of halogens is 7. The van der Waals surface area contributed by atoms with Gasteiger partial charge >= 0.3 is 18.3 Å². The minimum absolute atomic E-state index is 0. The minimum atomic E-state index is -4.96. The van der Waals surface area contributed by atoms with Gasteiger partial charge in [-0.2, -0.15) is 26.3 Å². The molecule has 0 fully saturated rings. The summed E-state index contributed by atoms with van der Waals surface area (Å²) in [4.78, 5) is 10.3. The molecule has 1 rings (SSSR count). The first-order valence-electron chi connectivity index (χ1n) is 5.54. The topological polar surface area (TPSA) is 46.5 Å². The van der Waals surface area contributed by atoms with Gasteiger partial charge in [0.25, 0.3) is 0 Å². The minimum Gasteiger partial charge on any atom is -0.480 e. The van der Waals surface area contributed by atoms with Crippen LogP contribution in [0.25, 0.3) is 0 Å². The van der Waals surface area contributed by atoms with E-state index in [1.165, 1.54) is 6.92 Å². The molecule has 10 heteroatoms. The van der Waals surface area contributed by atoms with E-state index in [0.29, 0.717) is 12.1 Å². The van der Waals surface area contributed by atoms with Gasteiger partial charge in [0, 0.05) is 0 Å². The van der Waals surface area contributed by atoms with Crippen molar-refractivity contribution >= 4 is 18.4 Å². The van der Waals surface area contributed by atoms with Gasteiger partial charge in [0.1, 0.15) is 6.61 Å². The SMILES string of the molecule is C[C@@H](OCC(=O)O)c1cc(C(F)(F)F)cc(C(F)(F)F)c1.Cl. The molecule has 3 nitrogen and oxygen atoms in total. The van der Waals surface area contributed by atoms with E-state index in [9.17, 15) is 31.1 Å². The fourth-order valence-electron chi connectivity index (χ4n) is 1.51. The molecule has 0 unspecified atom stereocenters. The highest BCUT2D eigenvalue weighted by atomic mass is 35.5. The molecule has 0 aromatic heterocycles. The van der Waals surface area contributed by atoms with Crippen molar-refractivity contribution in [3.63, 3.8) is 0 Å². The van der Waals surface area contributed by atoms with Gasteiger partial charge in [-0.1, -0.05) is 0 Å². The molecule has 0 spiro atoms. The van der Waals surface area contributed by atoms with E-state index in [-0.39, 0.29) is 18.5 Å². The second-order valence-corrected chi connectivity index (χ2v) is 4.19. The van der Waals surface area contributed by atoms with E-state index >= 15 is 0 Å². The largest absolute Gasteiger partial charge is 0.480 e. The number of carboxylic acid groups (broad SMARTS) is 1. The Bertz CT molecular complexity index is 494. The number of carbonyl (C=O) groups is 1. The van der Waals surface area contributed by atoms with E-state index in [1.54, 1.807) is 0 Å². The highest BCUT2D eigenvalue weighted by molar-refractivity contribution is 5.85. The maximum atomic E-state index is 12.6. The highest BCUT2D eigenvalue weighted by Gasteiger charge is 2.37. The summed E-state index contributed by atoms with van der Waals surface area (Å²) in [6.07, 6.45) is -11.1. The Balaban J connectivity index is 0.00000441. The zero-order valence-corrected chi connectivity index (χ0v) is 11.8. The normalized spacial score (nSPS) is 13.4. The monoisotopic (exact) mass is 352 g/mol. The standard InChI is InChI=1S/C12H10F6O3.ClH/c1-6(21-5-10(19)20)7-2-8(11(13,14)15)4-9(3-7)12(16,17)18;/h2-4,6H,5H2,1H3,(H,19,20);1H/t6-;/m1./s1. The zero-order valence-electron chi connectivity index (χ0n) is 11.0. The third-order valence-corrected chi connectivity index (χ3v) is 2.54. The van der Waals surface area contributed by atoms with Crippen LogP contribution in [0.15, 0.2) is 18.2 Å².